The number of unbranched alkanes of at least 4 members (excludes halogenated alkanes) is 43. The number of rotatable bonds is 60. The first-order valence-corrected chi connectivity index (χ1v) is 32.2. The van der Waals surface area contributed by atoms with Crippen molar-refractivity contribution in [1.82, 2.24) is 5.32 Å². The summed E-state index contributed by atoms with van der Waals surface area (Å²) in [5.74, 6) is -0.0816. The molecule has 0 aromatic carbocycles. The lowest BCUT2D eigenvalue weighted by molar-refractivity contribution is -0.143. The minimum atomic E-state index is -0.669. The molecule has 2 atom stereocenters. The van der Waals surface area contributed by atoms with Crippen LogP contribution in [0.25, 0.3) is 0 Å². The summed E-state index contributed by atoms with van der Waals surface area (Å²) in [5, 5.41) is 23.4. The summed E-state index contributed by atoms with van der Waals surface area (Å²) in [7, 11) is 0. The van der Waals surface area contributed by atoms with Crippen molar-refractivity contribution < 1.29 is 24.5 Å². The molecule has 0 rings (SSSR count). The monoisotopic (exact) mass is 1010 g/mol. The SMILES string of the molecule is CCCCC/C=C\CCCCCCCC(=O)OCC/C=C\C/C=C\CCCCCCCCCCCCCCCCC(=O)NC(CO)C(O)CCCCCCCCCCCCCCCCCCCCCCCC. The van der Waals surface area contributed by atoms with Crippen LogP contribution in [0.3, 0.4) is 0 Å². The fraction of sp³-hybridized carbons (Fsp3) is 0.879. The molecule has 3 N–H and O–H groups in total. The lowest BCUT2D eigenvalue weighted by Gasteiger charge is -2.22. The second-order valence-electron chi connectivity index (χ2n) is 22.1. The van der Waals surface area contributed by atoms with Gasteiger partial charge in [0.1, 0.15) is 0 Å². The number of nitrogens with one attached hydrogen (secondary N) is 1. The summed E-state index contributed by atoms with van der Waals surface area (Å²) in [4.78, 5) is 24.5. The summed E-state index contributed by atoms with van der Waals surface area (Å²) in [5.41, 5.74) is 0. The Morgan fingerprint density at radius 2 is 0.694 bits per heavy atom. The molecule has 0 radical (unpaired) electrons. The van der Waals surface area contributed by atoms with Crippen LogP contribution >= 0.6 is 0 Å². The Kier molecular flexibility index (Phi) is 60.0. The Morgan fingerprint density at radius 1 is 0.389 bits per heavy atom. The Balaban J connectivity index is 3.45. The predicted molar refractivity (Wildman–Crippen MR) is 315 cm³/mol. The van der Waals surface area contributed by atoms with E-state index in [0.717, 1.165) is 51.4 Å². The highest BCUT2D eigenvalue weighted by atomic mass is 16.5. The number of carbonyl (C=O) groups excluding carboxylic acids is 2. The molecule has 0 aromatic heterocycles. The highest BCUT2D eigenvalue weighted by molar-refractivity contribution is 5.76. The van der Waals surface area contributed by atoms with Gasteiger partial charge in [0.05, 0.1) is 25.4 Å². The summed E-state index contributed by atoms with van der Waals surface area (Å²) in [6, 6.07) is -0.547. The van der Waals surface area contributed by atoms with E-state index in [0.29, 0.717) is 25.9 Å². The van der Waals surface area contributed by atoms with Gasteiger partial charge < -0.3 is 20.3 Å². The molecule has 0 bridgehead atoms. The maximum Gasteiger partial charge on any atom is 0.305 e. The Morgan fingerprint density at radius 3 is 1.10 bits per heavy atom. The minimum absolute atomic E-state index is 0.0366. The van der Waals surface area contributed by atoms with Gasteiger partial charge in [-0.2, -0.15) is 0 Å². The molecule has 0 saturated carbocycles. The van der Waals surface area contributed by atoms with Gasteiger partial charge in [-0.25, -0.2) is 0 Å². The molecule has 0 saturated heterocycles. The second kappa shape index (κ2) is 61.6. The number of allylic oxidation sites excluding steroid dienone is 5. The van der Waals surface area contributed by atoms with Crippen molar-refractivity contribution in [3.63, 3.8) is 0 Å². The number of ether oxygens (including phenoxy) is 1. The molecule has 1 amide bonds. The van der Waals surface area contributed by atoms with E-state index in [4.69, 9.17) is 4.74 Å². The molecular weight excluding hydrogens is 887 g/mol. The van der Waals surface area contributed by atoms with Crippen molar-refractivity contribution in [3.05, 3.63) is 36.5 Å². The molecule has 0 aliphatic carbocycles. The van der Waals surface area contributed by atoms with Crippen molar-refractivity contribution in [3.8, 4) is 0 Å². The Bertz CT molecular complexity index is 1170. The van der Waals surface area contributed by atoms with E-state index in [2.05, 4.69) is 55.6 Å². The van der Waals surface area contributed by atoms with Crippen LogP contribution < -0.4 is 5.32 Å². The van der Waals surface area contributed by atoms with Crippen LogP contribution in [0.2, 0.25) is 0 Å². The van der Waals surface area contributed by atoms with Gasteiger partial charge in [-0.1, -0.05) is 301 Å². The number of hydrogen-bond donors (Lipinski definition) is 3. The van der Waals surface area contributed by atoms with Gasteiger partial charge in [0, 0.05) is 12.8 Å². The number of aliphatic hydroxyl groups excluding tert-OH is 2. The fourth-order valence-corrected chi connectivity index (χ4v) is 10.0. The summed E-state index contributed by atoms with van der Waals surface area (Å²) in [6.45, 7) is 4.84. The summed E-state index contributed by atoms with van der Waals surface area (Å²) in [6.07, 6.45) is 77.5. The molecule has 2 unspecified atom stereocenters. The molecule has 0 aromatic rings. The summed E-state index contributed by atoms with van der Waals surface area (Å²) < 4.78 is 5.40. The fourth-order valence-electron chi connectivity index (χ4n) is 10.0. The van der Waals surface area contributed by atoms with E-state index in [1.54, 1.807) is 0 Å². The number of amides is 1. The van der Waals surface area contributed by atoms with Gasteiger partial charge in [-0.05, 0) is 70.6 Å². The van der Waals surface area contributed by atoms with Crippen LogP contribution in [0.4, 0.5) is 0 Å². The van der Waals surface area contributed by atoms with Crippen LogP contribution in [0.15, 0.2) is 36.5 Å². The van der Waals surface area contributed by atoms with E-state index >= 15 is 0 Å². The molecule has 0 spiro atoms. The van der Waals surface area contributed by atoms with Crippen LogP contribution in [0.1, 0.15) is 348 Å². The zero-order valence-electron chi connectivity index (χ0n) is 48.4. The van der Waals surface area contributed by atoms with Crippen molar-refractivity contribution in [2.75, 3.05) is 13.2 Å². The number of hydrogen-bond acceptors (Lipinski definition) is 5. The molecule has 0 aliphatic heterocycles. The lowest BCUT2D eigenvalue weighted by atomic mass is 10.0. The largest absolute Gasteiger partial charge is 0.465 e. The Labute approximate surface area is 449 Å². The minimum Gasteiger partial charge on any atom is -0.465 e. The Hall–Kier alpha value is -1.92. The summed E-state index contributed by atoms with van der Waals surface area (Å²) >= 11 is 0. The van der Waals surface area contributed by atoms with E-state index in [1.807, 2.05) is 0 Å². The van der Waals surface area contributed by atoms with E-state index in [1.165, 1.54) is 263 Å². The zero-order valence-corrected chi connectivity index (χ0v) is 48.4. The molecule has 6 heteroatoms. The standard InChI is InChI=1S/C66H125NO5/c1-3-5-7-9-11-13-15-17-18-19-20-21-23-26-29-32-35-38-42-46-50-54-58-64(69)63(62-68)67-65(70)59-55-51-47-43-39-36-33-30-27-24-22-25-28-31-34-37-41-45-49-53-57-61-72-66(71)60-56-52-48-44-40-16-14-12-10-8-6-4-2/h12,14,37,41,49,53,63-64,68-69H,3-11,13,15-36,38-40,42-48,50-52,54-62H2,1-2H3,(H,67,70)/b14-12-,41-37-,53-49-. The molecule has 6 nitrogen and oxygen atoms in total. The first-order chi connectivity index (χ1) is 35.5. The zero-order chi connectivity index (χ0) is 52.2. The van der Waals surface area contributed by atoms with Crippen molar-refractivity contribution in [2.24, 2.45) is 0 Å². The van der Waals surface area contributed by atoms with E-state index in [-0.39, 0.29) is 18.5 Å². The first-order valence-electron chi connectivity index (χ1n) is 32.2. The second-order valence-corrected chi connectivity index (χ2v) is 22.1. The molecule has 0 heterocycles. The topological polar surface area (TPSA) is 95.9 Å². The third-order valence-electron chi connectivity index (χ3n) is 14.9. The van der Waals surface area contributed by atoms with Crippen LogP contribution in [-0.4, -0.2) is 47.4 Å². The highest BCUT2D eigenvalue weighted by Crippen LogP contribution is 2.18. The van der Waals surface area contributed by atoms with Gasteiger partial charge >= 0.3 is 5.97 Å². The number of carbonyl (C=O) groups is 2. The maximum absolute atomic E-state index is 12.5. The first kappa shape index (κ1) is 70.1. The lowest BCUT2D eigenvalue weighted by Crippen LogP contribution is -2.45. The normalized spacial score (nSPS) is 12.8. The van der Waals surface area contributed by atoms with Crippen molar-refractivity contribution in [2.45, 2.75) is 360 Å². The molecule has 0 aliphatic rings. The molecule has 0 fully saturated rings. The van der Waals surface area contributed by atoms with Crippen LogP contribution in [0, 0.1) is 0 Å². The number of esters is 1. The van der Waals surface area contributed by atoms with Crippen molar-refractivity contribution >= 4 is 11.9 Å². The number of aliphatic hydroxyl groups is 2. The van der Waals surface area contributed by atoms with Gasteiger partial charge in [-0.15, -0.1) is 0 Å². The van der Waals surface area contributed by atoms with Gasteiger partial charge in [-0.3, -0.25) is 9.59 Å². The average molecular weight is 1010 g/mol. The van der Waals surface area contributed by atoms with Gasteiger partial charge in [0.2, 0.25) is 5.91 Å². The smallest absolute Gasteiger partial charge is 0.305 e. The van der Waals surface area contributed by atoms with Gasteiger partial charge in [0.15, 0.2) is 0 Å². The van der Waals surface area contributed by atoms with Crippen LogP contribution in [0.5, 0.6) is 0 Å². The quantitative estimate of drug-likeness (QED) is 0.0320. The van der Waals surface area contributed by atoms with E-state index < -0.39 is 12.1 Å². The third kappa shape index (κ3) is 57.4. The third-order valence-corrected chi connectivity index (χ3v) is 14.9. The van der Waals surface area contributed by atoms with Crippen LogP contribution in [-0.2, 0) is 14.3 Å². The van der Waals surface area contributed by atoms with Crippen molar-refractivity contribution in [1.29, 1.82) is 0 Å². The maximum atomic E-state index is 12.5. The van der Waals surface area contributed by atoms with E-state index in [9.17, 15) is 19.8 Å². The molecule has 424 valence electrons. The average Bonchev–Trinajstić information content (AvgIpc) is 3.38. The molecule has 72 heavy (non-hydrogen) atoms. The predicted octanol–water partition coefficient (Wildman–Crippen LogP) is 20.4. The highest BCUT2D eigenvalue weighted by Gasteiger charge is 2.20. The van der Waals surface area contributed by atoms with Gasteiger partial charge in [0.25, 0.3) is 0 Å². The molecular formula is C66H125NO5.